The van der Waals surface area contributed by atoms with Crippen LogP contribution in [0.5, 0.6) is 0 Å². The fraction of sp³-hybridized carbons (Fsp3) is 0.389. The lowest BCUT2D eigenvalue weighted by Gasteiger charge is -2.07. The number of methoxy groups -OCH3 is 1. The van der Waals surface area contributed by atoms with Gasteiger partial charge in [0, 0.05) is 17.1 Å². The minimum Gasteiger partial charge on any atom is -0.465 e. The second-order valence-corrected chi connectivity index (χ2v) is 7.69. The molecular weight excluding hydrogens is 366 g/mol. The van der Waals surface area contributed by atoms with E-state index in [-0.39, 0.29) is 5.78 Å². The Kier molecular flexibility index (Phi) is 5.05. The number of ketones is 1. The molecule has 8 nitrogen and oxygen atoms in total. The summed E-state index contributed by atoms with van der Waals surface area (Å²) in [5.41, 5.74) is 3.80. The first-order valence-electron chi connectivity index (χ1n) is 8.42. The van der Waals surface area contributed by atoms with Gasteiger partial charge in [0.1, 0.15) is 0 Å². The molecule has 3 aromatic rings. The van der Waals surface area contributed by atoms with E-state index in [4.69, 9.17) is 4.74 Å². The first kappa shape index (κ1) is 19.1. The predicted molar refractivity (Wildman–Crippen MR) is 102 cm³/mol. The summed E-state index contributed by atoms with van der Waals surface area (Å²) in [7, 11) is 1.32. The van der Waals surface area contributed by atoms with Crippen molar-refractivity contribution in [1.29, 1.82) is 0 Å². The molecule has 1 atom stereocenters. The van der Waals surface area contributed by atoms with Gasteiger partial charge in [0.2, 0.25) is 5.16 Å². The van der Waals surface area contributed by atoms with Crippen LogP contribution in [0.1, 0.15) is 50.4 Å². The monoisotopic (exact) mass is 387 g/mol. The molecule has 3 heterocycles. The van der Waals surface area contributed by atoms with Gasteiger partial charge in [0.25, 0.3) is 5.78 Å². The molecule has 0 aliphatic heterocycles. The normalized spacial score (nSPS) is 12.4. The third-order valence-electron chi connectivity index (χ3n) is 4.32. The van der Waals surface area contributed by atoms with Crippen LogP contribution in [0.3, 0.4) is 0 Å². The van der Waals surface area contributed by atoms with Crippen LogP contribution >= 0.6 is 11.8 Å². The quantitative estimate of drug-likeness (QED) is 0.408. The number of H-pyrrole nitrogens is 1. The van der Waals surface area contributed by atoms with E-state index in [2.05, 4.69) is 20.1 Å². The molecule has 142 valence electrons. The first-order chi connectivity index (χ1) is 12.7. The zero-order valence-electron chi connectivity index (χ0n) is 16.1. The standard InChI is InChI=1S/C18H21N5O3S/c1-8-7-9(2)23-17(19-8)21-18(22-23)27-12(5)15(24)14-10(3)13(11(4)20-14)16(25)26-6/h7,12,20H,1-6H3. The Labute approximate surface area is 160 Å². The summed E-state index contributed by atoms with van der Waals surface area (Å²) in [6, 6.07) is 1.92. The summed E-state index contributed by atoms with van der Waals surface area (Å²) in [6.45, 7) is 9.10. The van der Waals surface area contributed by atoms with Gasteiger partial charge in [-0.3, -0.25) is 4.79 Å². The molecule has 0 saturated heterocycles. The molecule has 0 amide bonds. The Morgan fingerprint density at radius 2 is 1.93 bits per heavy atom. The van der Waals surface area contributed by atoms with E-state index in [0.29, 0.717) is 33.4 Å². The number of rotatable bonds is 5. The van der Waals surface area contributed by atoms with E-state index in [0.717, 1.165) is 11.4 Å². The average molecular weight is 387 g/mol. The molecule has 27 heavy (non-hydrogen) atoms. The highest BCUT2D eigenvalue weighted by atomic mass is 32.2. The van der Waals surface area contributed by atoms with E-state index in [1.54, 1.807) is 25.3 Å². The van der Waals surface area contributed by atoms with Gasteiger partial charge in [-0.2, -0.15) is 4.98 Å². The number of hydrogen-bond donors (Lipinski definition) is 1. The maximum Gasteiger partial charge on any atom is 0.339 e. The molecule has 9 heteroatoms. The number of thioether (sulfide) groups is 1. The fourth-order valence-electron chi connectivity index (χ4n) is 3.02. The topological polar surface area (TPSA) is 102 Å². The third-order valence-corrected chi connectivity index (χ3v) is 5.28. The minimum atomic E-state index is -0.459. The van der Waals surface area contributed by atoms with Crippen LogP contribution in [0, 0.1) is 27.7 Å². The Hall–Kier alpha value is -2.68. The van der Waals surface area contributed by atoms with E-state index >= 15 is 0 Å². The maximum absolute atomic E-state index is 12.9. The van der Waals surface area contributed by atoms with Crippen LogP contribution in [0.15, 0.2) is 11.2 Å². The summed E-state index contributed by atoms with van der Waals surface area (Å²) in [5.74, 6) is -0.0791. The van der Waals surface area contributed by atoms with E-state index in [1.165, 1.54) is 18.9 Å². The minimum absolute atomic E-state index is 0.129. The Bertz CT molecular complexity index is 1050. The van der Waals surface area contributed by atoms with Crippen LogP contribution < -0.4 is 0 Å². The maximum atomic E-state index is 12.9. The molecule has 0 radical (unpaired) electrons. The van der Waals surface area contributed by atoms with E-state index in [1.807, 2.05) is 19.9 Å². The van der Waals surface area contributed by atoms with Gasteiger partial charge in [-0.1, -0.05) is 11.8 Å². The number of aromatic amines is 1. The molecule has 0 saturated carbocycles. The summed E-state index contributed by atoms with van der Waals surface area (Å²) < 4.78 is 6.46. The van der Waals surface area contributed by atoms with Crippen molar-refractivity contribution in [3.8, 4) is 0 Å². The van der Waals surface area contributed by atoms with Crippen molar-refractivity contribution in [2.45, 2.75) is 45.0 Å². The number of aromatic nitrogens is 5. The second kappa shape index (κ2) is 7.15. The molecule has 0 bridgehead atoms. The van der Waals surface area contributed by atoms with Crippen molar-refractivity contribution in [1.82, 2.24) is 24.6 Å². The smallest absolute Gasteiger partial charge is 0.339 e. The van der Waals surface area contributed by atoms with Crippen molar-refractivity contribution in [2.75, 3.05) is 7.11 Å². The molecule has 0 fully saturated rings. The molecular formula is C18H21N5O3S. The van der Waals surface area contributed by atoms with Crippen LogP contribution in [0.2, 0.25) is 0 Å². The lowest BCUT2D eigenvalue weighted by Crippen LogP contribution is -2.15. The van der Waals surface area contributed by atoms with Gasteiger partial charge in [-0.25, -0.2) is 14.3 Å². The van der Waals surface area contributed by atoms with E-state index < -0.39 is 11.2 Å². The zero-order chi connectivity index (χ0) is 19.9. The number of carbonyl (C=O) groups is 2. The lowest BCUT2D eigenvalue weighted by atomic mass is 10.1. The summed E-state index contributed by atoms with van der Waals surface area (Å²) >= 11 is 1.26. The van der Waals surface area contributed by atoms with E-state index in [9.17, 15) is 9.59 Å². The Morgan fingerprint density at radius 3 is 2.59 bits per heavy atom. The largest absolute Gasteiger partial charge is 0.465 e. The van der Waals surface area contributed by atoms with Crippen LogP contribution in [-0.4, -0.2) is 48.7 Å². The zero-order valence-corrected chi connectivity index (χ0v) is 16.9. The van der Waals surface area contributed by atoms with Gasteiger partial charge in [-0.15, -0.1) is 5.10 Å². The van der Waals surface area contributed by atoms with Gasteiger partial charge in [0.15, 0.2) is 5.78 Å². The van der Waals surface area contributed by atoms with Crippen molar-refractivity contribution < 1.29 is 14.3 Å². The van der Waals surface area contributed by atoms with Crippen LogP contribution in [0.25, 0.3) is 5.78 Å². The fourth-order valence-corrected chi connectivity index (χ4v) is 3.82. The van der Waals surface area contributed by atoms with Crippen LogP contribution in [-0.2, 0) is 4.74 Å². The SMILES string of the molecule is COC(=O)c1c(C)[nH]c(C(=O)C(C)Sc2nc3nc(C)cc(C)n3n2)c1C. The Balaban J connectivity index is 1.87. The summed E-state index contributed by atoms with van der Waals surface area (Å²) in [5, 5.41) is 4.46. The van der Waals surface area contributed by atoms with Gasteiger partial charge < -0.3 is 9.72 Å². The van der Waals surface area contributed by atoms with Crippen molar-refractivity contribution >= 4 is 29.3 Å². The number of esters is 1. The number of ether oxygens (including phenoxy) is 1. The lowest BCUT2D eigenvalue weighted by molar-refractivity contribution is 0.0599. The predicted octanol–water partition coefficient (Wildman–Crippen LogP) is 2.84. The number of aryl methyl sites for hydroxylation is 3. The number of nitrogens with one attached hydrogen (secondary N) is 1. The Morgan fingerprint density at radius 1 is 1.22 bits per heavy atom. The van der Waals surface area contributed by atoms with Gasteiger partial charge in [0.05, 0.1) is 23.6 Å². The number of fused-ring (bicyclic) bond motifs is 1. The van der Waals surface area contributed by atoms with Gasteiger partial charge in [-0.05, 0) is 46.2 Å². The number of Topliss-reactive ketones (excluding diaryl/α,β-unsaturated/α-hetero) is 1. The first-order valence-corrected chi connectivity index (χ1v) is 9.30. The molecule has 3 aromatic heterocycles. The molecule has 0 spiro atoms. The number of hydrogen-bond acceptors (Lipinski definition) is 7. The third kappa shape index (κ3) is 3.46. The molecule has 0 aromatic carbocycles. The molecule has 0 aliphatic carbocycles. The average Bonchev–Trinajstić information content (AvgIpc) is 3.13. The van der Waals surface area contributed by atoms with Crippen molar-refractivity contribution in [3.05, 3.63) is 40.0 Å². The number of nitrogens with zero attached hydrogens (tertiary/aromatic N) is 4. The molecule has 1 N–H and O–H groups in total. The second-order valence-electron chi connectivity index (χ2n) is 6.39. The van der Waals surface area contributed by atoms with Gasteiger partial charge >= 0.3 is 5.97 Å². The highest BCUT2D eigenvalue weighted by Gasteiger charge is 2.26. The summed E-state index contributed by atoms with van der Waals surface area (Å²) in [4.78, 5) is 36.6. The molecule has 1 unspecified atom stereocenters. The highest BCUT2D eigenvalue weighted by molar-refractivity contribution is 8.00. The molecule has 3 rings (SSSR count). The molecule has 0 aliphatic rings. The van der Waals surface area contributed by atoms with Crippen molar-refractivity contribution in [2.24, 2.45) is 0 Å². The van der Waals surface area contributed by atoms with Crippen molar-refractivity contribution in [3.63, 3.8) is 0 Å². The highest BCUT2D eigenvalue weighted by Crippen LogP contribution is 2.26. The summed E-state index contributed by atoms with van der Waals surface area (Å²) in [6.07, 6.45) is 0. The van der Waals surface area contributed by atoms with Crippen LogP contribution in [0.4, 0.5) is 0 Å². The number of carbonyl (C=O) groups excluding carboxylic acids is 2.